The Bertz CT molecular complexity index is 832. The molecule has 2 heterocycles. The molecule has 1 N–H and O–H groups in total. The van der Waals surface area contributed by atoms with Crippen LogP contribution in [0.25, 0.3) is 0 Å². The highest BCUT2D eigenvalue weighted by molar-refractivity contribution is 7.09. The first kappa shape index (κ1) is 23.7. The molecule has 1 atom stereocenters. The average Bonchev–Trinajstić information content (AvgIpc) is 3.15. The smallest absolute Gasteiger partial charge is 0.220 e. The van der Waals surface area contributed by atoms with Crippen LogP contribution in [0.4, 0.5) is 5.13 Å². The summed E-state index contributed by atoms with van der Waals surface area (Å²) >= 11 is 1.50. The third-order valence-corrected chi connectivity index (χ3v) is 6.72. The predicted molar refractivity (Wildman–Crippen MR) is 130 cm³/mol. The van der Waals surface area contributed by atoms with Gasteiger partial charge >= 0.3 is 0 Å². The zero-order chi connectivity index (χ0) is 22.4. The van der Waals surface area contributed by atoms with E-state index in [1.807, 2.05) is 0 Å². The maximum atomic E-state index is 12.3. The van der Waals surface area contributed by atoms with Crippen molar-refractivity contribution in [2.24, 2.45) is 17.3 Å². The van der Waals surface area contributed by atoms with E-state index in [1.165, 1.54) is 22.7 Å². The summed E-state index contributed by atoms with van der Waals surface area (Å²) in [6.07, 6.45) is 4.67. The second-order valence-corrected chi connectivity index (χ2v) is 11.2. The van der Waals surface area contributed by atoms with Crippen molar-refractivity contribution in [2.75, 3.05) is 24.5 Å². The van der Waals surface area contributed by atoms with Crippen LogP contribution in [0.5, 0.6) is 0 Å². The van der Waals surface area contributed by atoms with Crippen molar-refractivity contribution in [3.63, 3.8) is 0 Å². The lowest BCUT2D eigenvalue weighted by Gasteiger charge is -2.31. The molecule has 1 amide bonds. The molecular weight excluding hydrogens is 404 g/mol. The van der Waals surface area contributed by atoms with Gasteiger partial charge in [-0.2, -0.15) is 4.37 Å². The molecule has 0 spiro atoms. The molecule has 1 aromatic heterocycles. The van der Waals surface area contributed by atoms with Gasteiger partial charge in [0.1, 0.15) is 5.82 Å². The van der Waals surface area contributed by atoms with Crippen LogP contribution in [-0.2, 0) is 11.2 Å². The Morgan fingerprint density at radius 1 is 1.23 bits per heavy atom. The van der Waals surface area contributed by atoms with Crippen molar-refractivity contribution in [1.29, 1.82) is 0 Å². The first-order chi connectivity index (χ1) is 14.7. The van der Waals surface area contributed by atoms with E-state index in [9.17, 15) is 4.79 Å². The number of carbonyl (C=O) groups excluding carboxylic acids is 1. The molecule has 0 radical (unpaired) electrons. The lowest BCUT2D eigenvalue weighted by atomic mass is 9.84. The number of nitrogens with one attached hydrogen (secondary N) is 1. The molecule has 3 rings (SSSR count). The minimum absolute atomic E-state index is 0.198. The van der Waals surface area contributed by atoms with Crippen LogP contribution in [0.1, 0.15) is 70.3 Å². The van der Waals surface area contributed by atoms with Gasteiger partial charge in [0, 0.05) is 44.0 Å². The van der Waals surface area contributed by atoms with Gasteiger partial charge in [0.25, 0.3) is 0 Å². The molecule has 2 aromatic rings. The predicted octanol–water partition coefficient (Wildman–Crippen LogP) is 5.23. The minimum atomic E-state index is 0.198. The number of rotatable bonds is 8. The van der Waals surface area contributed by atoms with Crippen LogP contribution in [-0.4, -0.2) is 34.9 Å². The van der Waals surface area contributed by atoms with Gasteiger partial charge in [-0.15, -0.1) is 0 Å². The number of benzene rings is 1. The second kappa shape index (κ2) is 10.6. The van der Waals surface area contributed by atoms with E-state index in [4.69, 9.17) is 4.98 Å². The van der Waals surface area contributed by atoms with E-state index in [2.05, 4.69) is 73.5 Å². The van der Waals surface area contributed by atoms with Crippen LogP contribution in [0.3, 0.4) is 0 Å². The molecule has 170 valence electrons. The van der Waals surface area contributed by atoms with Gasteiger partial charge < -0.3 is 10.2 Å². The van der Waals surface area contributed by atoms with Crippen molar-refractivity contribution in [3.8, 4) is 0 Å². The topological polar surface area (TPSA) is 58.1 Å². The Balaban J connectivity index is 1.39. The molecule has 31 heavy (non-hydrogen) atoms. The number of piperidine rings is 1. The Kier molecular flexibility index (Phi) is 8.09. The fourth-order valence-electron chi connectivity index (χ4n) is 4.43. The van der Waals surface area contributed by atoms with Crippen LogP contribution in [0.15, 0.2) is 24.3 Å². The van der Waals surface area contributed by atoms with Crippen molar-refractivity contribution in [2.45, 2.75) is 66.7 Å². The standard InChI is InChI=1S/C25H38N4OS/c1-18-6-8-20(9-7-18)15-22-27-24(31-28-22)29-12-10-21(11-13-29)17-26-23(30)14-19(2)16-25(3,4)5/h6-9,19,21H,10-17H2,1-5H3,(H,26,30). The summed E-state index contributed by atoms with van der Waals surface area (Å²) in [4.78, 5) is 19.4. The summed E-state index contributed by atoms with van der Waals surface area (Å²) in [5.74, 6) is 2.08. The largest absolute Gasteiger partial charge is 0.356 e. The molecule has 1 saturated heterocycles. The van der Waals surface area contributed by atoms with Gasteiger partial charge in [0.2, 0.25) is 11.0 Å². The van der Waals surface area contributed by atoms with Crippen LogP contribution < -0.4 is 10.2 Å². The normalized spacial score (nSPS) is 16.4. The number of aryl methyl sites for hydroxylation is 1. The molecule has 1 aliphatic rings. The minimum Gasteiger partial charge on any atom is -0.356 e. The molecule has 1 aliphatic heterocycles. The van der Waals surface area contributed by atoms with Gasteiger partial charge in [-0.05, 0) is 49.0 Å². The van der Waals surface area contributed by atoms with E-state index in [1.54, 1.807) is 0 Å². The second-order valence-electron chi connectivity index (χ2n) is 10.5. The van der Waals surface area contributed by atoms with Crippen LogP contribution in [0, 0.1) is 24.2 Å². The molecular formula is C25H38N4OS. The molecule has 1 aromatic carbocycles. The van der Waals surface area contributed by atoms with Gasteiger partial charge in [-0.3, -0.25) is 4.79 Å². The monoisotopic (exact) mass is 442 g/mol. The first-order valence-electron chi connectivity index (χ1n) is 11.6. The zero-order valence-corrected chi connectivity index (χ0v) is 20.6. The van der Waals surface area contributed by atoms with Crippen LogP contribution in [0.2, 0.25) is 0 Å². The number of hydrogen-bond acceptors (Lipinski definition) is 5. The van der Waals surface area contributed by atoms with E-state index in [-0.39, 0.29) is 11.3 Å². The average molecular weight is 443 g/mol. The Hall–Kier alpha value is -1.95. The summed E-state index contributed by atoms with van der Waals surface area (Å²) in [6.45, 7) is 13.8. The number of amides is 1. The maximum absolute atomic E-state index is 12.3. The lowest BCUT2D eigenvalue weighted by Crippen LogP contribution is -2.39. The van der Waals surface area contributed by atoms with Gasteiger partial charge in [-0.25, -0.2) is 4.98 Å². The number of anilines is 1. The van der Waals surface area contributed by atoms with Gasteiger partial charge in [0.15, 0.2) is 0 Å². The first-order valence-corrected chi connectivity index (χ1v) is 12.3. The fourth-order valence-corrected chi connectivity index (χ4v) is 5.16. The van der Waals surface area contributed by atoms with Crippen molar-refractivity contribution >= 4 is 22.6 Å². The van der Waals surface area contributed by atoms with Crippen LogP contribution >= 0.6 is 11.5 Å². The van der Waals surface area contributed by atoms with Gasteiger partial charge in [-0.1, -0.05) is 57.5 Å². The summed E-state index contributed by atoms with van der Waals surface area (Å²) in [5, 5.41) is 4.20. The molecule has 0 bridgehead atoms. The Labute approximate surface area is 191 Å². The summed E-state index contributed by atoms with van der Waals surface area (Å²) in [7, 11) is 0. The van der Waals surface area contributed by atoms with Crippen molar-refractivity contribution in [1.82, 2.24) is 14.7 Å². The number of aromatic nitrogens is 2. The number of nitrogens with zero attached hydrogens (tertiary/aromatic N) is 3. The van der Waals surface area contributed by atoms with E-state index >= 15 is 0 Å². The number of carbonyl (C=O) groups is 1. The highest BCUT2D eigenvalue weighted by Gasteiger charge is 2.23. The van der Waals surface area contributed by atoms with E-state index in [0.29, 0.717) is 18.3 Å². The van der Waals surface area contributed by atoms with E-state index in [0.717, 1.165) is 56.3 Å². The number of hydrogen-bond donors (Lipinski definition) is 1. The highest BCUT2D eigenvalue weighted by Crippen LogP contribution is 2.27. The summed E-state index contributed by atoms with van der Waals surface area (Å²) in [5.41, 5.74) is 2.80. The van der Waals surface area contributed by atoms with E-state index < -0.39 is 0 Å². The highest BCUT2D eigenvalue weighted by atomic mass is 32.1. The van der Waals surface area contributed by atoms with Gasteiger partial charge in [0.05, 0.1) is 0 Å². The fraction of sp³-hybridized carbons (Fsp3) is 0.640. The summed E-state index contributed by atoms with van der Waals surface area (Å²) in [6, 6.07) is 8.58. The molecule has 1 unspecified atom stereocenters. The van der Waals surface area contributed by atoms with Crippen molar-refractivity contribution in [3.05, 3.63) is 41.2 Å². The Morgan fingerprint density at radius 3 is 2.55 bits per heavy atom. The Morgan fingerprint density at radius 2 is 1.90 bits per heavy atom. The third kappa shape index (κ3) is 7.91. The molecule has 5 nitrogen and oxygen atoms in total. The summed E-state index contributed by atoms with van der Waals surface area (Å²) < 4.78 is 4.57. The lowest BCUT2D eigenvalue weighted by molar-refractivity contribution is -0.122. The SMILES string of the molecule is Cc1ccc(Cc2nsc(N3CCC(CNC(=O)CC(C)CC(C)(C)C)CC3)n2)cc1. The molecule has 0 saturated carbocycles. The maximum Gasteiger partial charge on any atom is 0.220 e. The molecule has 0 aliphatic carbocycles. The quantitative estimate of drug-likeness (QED) is 0.608. The molecule has 6 heteroatoms. The molecule has 1 fully saturated rings. The third-order valence-electron chi connectivity index (χ3n) is 5.91. The van der Waals surface area contributed by atoms with Crippen molar-refractivity contribution < 1.29 is 4.79 Å². The zero-order valence-electron chi connectivity index (χ0n) is 19.8.